The molecular formula is C11H4N3O. The summed E-state index contributed by atoms with van der Waals surface area (Å²) in [7, 11) is 0. The van der Waals surface area contributed by atoms with Crippen LogP contribution in [0.25, 0.3) is 11.3 Å². The summed E-state index contributed by atoms with van der Waals surface area (Å²) in [4.78, 5) is 3.66. The molecule has 0 saturated carbocycles. The molecule has 0 spiro atoms. The highest BCUT2D eigenvalue weighted by molar-refractivity contribution is 5.62. The molecule has 4 heteroatoms. The van der Waals surface area contributed by atoms with E-state index in [1.807, 2.05) is 12.1 Å². The SMILES string of the molecule is N#Cc1ccc(-c2cn[c]o2)cc1C#N. The first kappa shape index (κ1) is 8.98. The van der Waals surface area contributed by atoms with Crippen molar-refractivity contribution < 1.29 is 4.42 Å². The minimum atomic E-state index is 0.325. The Hall–Kier alpha value is -2.59. The summed E-state index contributed by atoms with van der Waals surface area (Å²) in [6, 6.07) is 8.77. The summed E-state index contributed by atoms with van der Waals surface area (Å²) in [5.41, 5.74) is 1.38. The Balaban J connectivity index is 2.56. The molecule has 0 unspecified atom stereocenters. The molecule has 0 atom stereocenters. The molecule has 0 N–H and O–H groups in total. The monoisotopic (exact) mass is 194 g/mol. The summed E-state index contributed by atoms with van der Waals surface area (Å²) in [5.74, 6) is 0.524. The molecule has 1 radical (unpaired) electrons. The van der Waals surface area contributed by atoms with Crippen molar-refractivity contribution in [1.29, 1.82) is 10.5 Å². The lowest BCUT2D eigenvalue weighted by Crippen LogP contribution is -1.84. The first-order valence-electron chi connectivity index (χ1n) is 4.11. The van der Waals surface area contributed by atoms with Gasteiger partial charge in [0.05, 0.1) is 17.3 Å². The van der Waals surface area contributed by atoms with E-state index in [1.165, 1.54) is 6.20 Å². The maximum atomic E-state index is 8.82. The average molecular weight is 194 g/mol. The largest absolute Gasteiger partial charge is 0.432 e. The van der Waals surface area contributed by atoms with E-state index < -0.39 is 0 Å². The first-order chi connectivity index (χ1) is 7.35. The Labute approximate surface area is 86.0 Å². The van der Waals surface area contributed by atoms with E-state index >= 15 is 0 Å². The third-order valence-electron chi connectivity index (χ3n) is 1.94. The van der Waals surface area contributed by atoms with E-state index in [2.05, 4.69) is 11.4 Å². The van der Waals surface area contributed by atoms with Crippen LogP contribution < -0.4 is 0 Å². The van der Waals surface area contributed by atoms with Crippen LogP contribution in [-0.2, 0) is 0 Å². The van der Waals surface area contributed by atoms with Gasteiger partial charge in [0, 0.05) is 5.56 Å². The van der Waals surface area contributed by atoms with Gasteiger partial charge in [-0.15, -0.1) is 0 Å². The fourth-order valence-corrected chi connectivity index (χ4v) is 1.21. The molecule has 0 aliphatic rings. The molecule has 0 saturated heterocycles. The Kier molecular flexibility index (Phi) is 2.19. The molecule has 0 aliphatic heterocycles. The number of hydrogen-bond acceptors (Lipinski definition) is 4. The minimum absolute atomic E-state index is 0.325. The Morgan fingerprint density at radius 2 is 2.00 bits per heavy atom. The van der Waals surface area contributed by atoms with Gasteiger partial charge in [0.15, 0.2) is 5.76 Å². The molecular weight excluding hydrogens is 190 g/mol. The summed E-state index contributed by atoms with van der Waals surface area (Å²) in [5, 5.41) is 17.5. The second-order valence-corrected chi connectivity index (χ2v) is 2.80. The summed E-state index contributed by atoms with van der Waals surface area (Å²) in [6.45, 7) is 0. The Morgan fingerprint density at radius 1 is 1.20 bits per heavy atom. The Morgan fingerprint density at radius 3 is 2.60 bits per heavy atom. The summed E-state index contributed by atoms with van der Waals surface area (Å²) >= 11 is 0. The predicted octanol–water partition coefficient (Wildman–Crippen LogP) is 1.89. The van der Waals surface area contributed by atoms with Gasteiger partial charge in [-0.1, -0.05) is 0 Å². The number of benzene rings is 1. The van der Waals surface area contributed by atoms with Crippen molar-refractivity contribution >= 4 is 0 Å². The highest BCUT2D eigenvalue weighted by Gasteiger charge is 2.06. The highest BCUT2D eigenvalue weighted by Crippen LogP contribution is 2.21. The number of nitrogens with zero attached hydrogens (tertiary/aromatic N) is 3. The number of rotatable bonds is 1. The molecule has 4 nitrogen and oxygen atoms in total. The van der Waals surface area contributed by atoms with Crippen LogP contribution in [0.2, 0.25) is 0 Å². The van der Waals surface area contributed by atoms with Gasteiger partial charge in [0.2, 0.25) is 0 Å². The van der Waals surface area contributed by atoms with Crippen molar-refractivity contribution in [3.05, 3.63) is 41.9 Å². The van der Waals surface area contributed by atoms with Crippen LogP contribution in [0.5, 0.6) is 0 Å². The quantitative estimate of drug-likeness (QED) is 0.694. The molecule has 1 aromatic heterocycles. The van der Waals surface area contributed by atoms with Gasteiger partial charge in [-0.2, -0.15) is 10.5 Å². The van der Waals surface area contributed by atoms with Crippen molar-refractivity contribution in [3.63, 3.8) is 0 Å². The maximum Gasteiger partial charge on any atom is 0.284 e. The zero-order valence-corrected chi connectivity index (χ0v) is 7.56. The molecule has 0 bridgehead atoms. The molecule has 15 heavy (non-hydrogen) atoms. The number of nitriles is 2. The molecule has 1 heterocycles. The normalized spacial score (nSPS) is 9.20. The molecule has 0 fully saturated rings. The zero-order valence-electron chi connectivity index (χ0n) is 7.56. The number of hydrogen-bond donors (Lipinski definition) is 0. The summed E-state index contributed by atoms with van der Waals surface area (Å²) < 4.78 is 4.96. The van der Waals surface area contributed by atoms with Crippen molar-refractivity contribution in [2.24, 2.45) is 0 Å². The highest BCUT2D eigenvalue weighted by atomic mass is 16.3. The fraction of sp³-hybridized carbons (Fsp3) is 0. The third-order valence-corrected chi connectivity index (χ3v) is 1.94. The van der Waals surface area contributed by atoms with Gasteiger partial charge in [0.25, 0.3) is 6.39 Å². The fourth-order valence-electron chi connectivity index (χ4n) is 1.21. The maximum absolute atomic E-state index is 8.82. The van der Waals surface area contributed by atoms with E-state index in [0.29, 0.717) is 22.5 Å². The lowest BCUT2D eigenvalue weighted by atomic mass is 10.0. The number of aromatic nitrogens is 1. The number of oxazole rings is 1. The average Bonchev–Trinajstić information content (AvgIpc) is 2.81. The predicted molar refractivity (Wildman–Crippen MR) is 50.2 cm³/mol. The van der Waals surface area contributed by atoms with Crippen LogP contribution in [0.15, 0.2) is 28.8 Å². The van der Waals surface area contributed by atoms with Gasteiger partial charge >= 0.3 is 0 Å². The van der Waals surface area contributed by atoms with E-state index in [1.54, 1.807) is 18.2 Å². The lowest BCUT2D eigenvalue weighted by molar-refractivity contribution is 0.561. The van der Waals surface area contributed by atoms with Crippen LogP contribution in [-0.4, -0.2) is 4.98 Å². The lowest BCUT2D eigenvalue weighted by Gasteiger charge is -1.97. The van der Waals surface area contributed by atoms with E-state index in [9.17, 15) is 0 Å². The molecule has 0 amide bonds. The van der Waals surface area contributed by atoms with E-state index in [0.717, 1.165) is 0 Å². The van der Waals surface area contributed by atoms with Crippen LogP contribution in [0, 0.1) is 29.1 Å². The van der Waals surface area contributed by atoms with E-state index in [-0.39, 0.29) is 0 Å². The standard InChI is InChI=1S/C11H4N3O/c12-4-9-2-1-8(3-10(9)5-13)11-6-14-7-15-11/h1-3,6H. The van der Waals surface area contributed by atoms with Crippen LogP contribution >= 0.6 is 0 Å². The van der Waals surface area contributed by atoms with Gasteiger partial charge in [0.1, 0.15) is 12.1 Å². The molecule has 69 valence electrons. The zero-order chi connectivity index (χ0) is 10.7. The second-order valence-electron chi connectivity index (χ2n) is 2.80. The molecule has 2 rings (SSSR count). The van der Waals surface area contributed by atoms with Crippen molar-refractivity contribution in [2.75, 3.05) is 0 Å². The van der Waals surface area contributed by atoms with Crippen LogP contribution in [0.3, 0.4) is 0 Å². The van der Waals surface area contributed by atoms with Crippen molar-refractivity contribution in [3.8, 4) is 23.5 Å². The molecule has 0 aliphatic carbocycles. The van der Waals surface area contributed by atoms with Crippen LogP contribution in [0.1, 0.15) is 11.1 Å². The summed E-state index contributed by atoms with van der Waals surface area (Å²) in [6.07, 6.45) is 3.82. The second kappa shape index (κ2) is 3.65. The van der Waals surface area contributed by atoms with Gasteiger partial charge in [-0.05, 0) is 18.2 Å². The van der Waals surface area contributed by atoms with Gasteiger partial charge in [-0.3, -0.25) is 0 Å². The van der Waals surface area contributed by atoms with E-state index in [4.69, 9.17) is 14.9 Å². The molecule has 2 aromatic rings. The topological polar surface area (TPSA) is 73.6 Å². The van der Waals surface area contributed by atoms with Gasteiger partial charge < -0.3 is 4.42 Å². The smallest absolute Gasteiger partial charge is 0.284 e. The van der Waals surface area contributed by atoms with Crippen molar-refractivity contribution in [2.45, 2.75) is 0 Å². The third kappa shape index (κ3) is 1.56. The molecule has 1 aromatic carbocycles. The van der Waals surface area contributed by atoms with Crippen molar-refractivity contribution in [1.82, 2.24) is 4.98 Å². The van der Waals surface area contributed by atoms with Gasteiger partial charge in [-0.25, -0.2) is 4.98 Å². The first-order valence-corrected chi connectivity index (χ1v) is 4.11. The minimum Gasteiger partial charge on any atom is -0.432 e. The van der Waals surface area contributed by atoms with Crippen LogP contribution in [0.4, 0.5) is 0 Å². The Bertz CT molecular complexity index is 559.